The lowest BCUT2D eigenvalue weighted by Gasteiger charge is -2.35. The number of rotatable bonds is 8. The molecule has 10 heteroatoms. The fraction of sp³-hybridized carbons (Fsp3) is 0.542. The largest absolute Gasteiger partial charge is 0.458 e. The Labute approximate surface area is 202 Å². The lowest BCUT2D eigenvalue weighted by atomic mass is 10.1. The number of furan rings is 1. The monoisotopic (exact) mass is 482 g/mol. The van der Waals surface area contributed by atoms with E-state index in [1.54, 1.807) is 11.0 Å². The summed E-state index contributed by atoms with van der Waals surface area (Å²) in [6.07, 6.45) is 8.16. The van der Waals surface area contributed by atoms with Crippen molar-refractivity contribution < 1.29 is 14.0 Å². The summed E-state index contributed by atoms with van der Waals surface area (Å²) in [5.74, 6) is 1.33. The van der Waals surface area contributed by atoms with Gasteiger partial charge in [0.1, 0.15) is 18.3 Å². The number of amides is 2. The third kappa shape index (κ3) is 4.91. The molecule has 1 atom stereocenters. The van der Waals surface area contributed by atoms with Gasteiger partial charge in [-0.25, -0.2) is 0 Å². The number of nitrogens with one attached hydrogen (secondary N) is 1. The summed E-state index contributed by atoms with van der Waals surface area (Å²) < 4.78 is 5.57. The summed E-state index contributed by atoms with van der Waals surface area (Å²) in [4.78, 5) is 31.3. The van der Waals surface area contributed by atoms with Crippen molar-refractivity contribution in [3.05, 3.63) is 40.3 Å². The Kier molecular flexibility index (Phi) is 6.75. The van der Waals surface area contributed by atoms with Crippen LogP contribution in [0.5, 0.6) is 0 Å². The maximum absolute atomic E-state index is 13.7. The van der Waals surface area contributed by atoms with E-state index in [-0.39, 0.29) is 30.4 Å². The van der Waals surface area contributed by atoms with Gasteiger partial charge in [-0.2, -0.15) is 4.80 Å². The fourth-order valence-electron chi connectivity index (χ4n) is 5.10. The first kappa shape index (κ1) is 22.8. The smallest absolute Gasteiger partial charge is 0.248 e. The van der Waals surface area contributed by atoms with E-state index in [0.717, 1.165) is 62.0 Å². The van der Waals surface area contributed by atoms with Crippen LogP contribution in [0, 0.1) is 6.92 Å². The molecule has 2 aliphatic rings. The number of nitrogens with zero attached hydrogens (tertiary/aromatic N) is 5. The molecule has 0 aliphatic heterocycles. The normalized spacial score (nSPS) is 17.8. The second-order valence-electron chi connectivity index (χ2n) is 9.20. The molecule has 2 aliphatic carbocycles. The maximum atomic E-state index is 13.7. The van der Waals surface area contributed by atoms with Gasteiger partial charge in [-0.15, -0.1) is 21.5 Å². The van der Waals surface area contributed by atoms with Gasteiger partial charge in [0.2, 0.25) is 17.6 Å². The summed E-state index contributed by atoms with van der Waals surface area (Å²) in [5, 5.41) is 17.7. The zero-order valence-corrected chi connectivity index (χ0v) is 20.2. The zero-order valence-electron chi connectivity index (χ0n) is 19.4. The third-order valence-electron chi connectivity index (χ3n) is 6.74. The van der Waals surface area contributed by atoms with Gasteiger partial charge in [-0.05, 0) is 61.4 Å². The molecule has 0 aromatic carbocycles. The van der Waals surface area contributed by atoms with Gasteiger partial charge >= 0.3 is 0 Å². The minimum absolute atomic E-state index is 0.0182. The average molecular weight is 483 g/mol. The van der Waals surface area contributed by atoms with Gasteiger partial charge in [0.05, 0.1) is 0 Å². The molecule has 2 fully saturated rings. The Balaban J connectivity index is 1.40. The number of aryl methyl sites for hydroxylation is 1. The molecular formula is C24H30N6O3S. The molecule has 2 saturated carbocycles. The Morgan fingerprint density at radius 3 is 2.62 bits per heavy atom. The van der Waals surface area contributed by atoms with E-state index in [2.05, 4.69) is 20.7 Å². The summed E-state index contributed by atoms with van der Waals surface area (Å²) in [6.45, 7) is 1.76. The highest BCUT2D eigenvalue weighted by Crippen LogP contribution is 2.34. The van der Waals surface area contributed by atoms with Crippen molar-refractivity contribution in [2.45, 2.75) is 83.0 Å². The summed E-state index contributed by atoms with van der Waals surface area (Å²) in [6, 6.07) is 7.05. The molecule has 34 heavy (non-hydrogen) atoms. The van der Waals surface area contributed by atoms with E-state index < -0.39 is 6.04 Å². The van der Waals surface area contributed by atoms with E-state index in [4.69, 9.17) is 4.42 Å². The van der Waals surface area contributed by atoms with Crippen molar-refractivity contribution in [2.75, 3.05) is 0 Å². The van der Waals surface area contributed by atoms with Crippen LogP contribution in [0.1, 0.15) is 68.0 Å². The molecule has 0 bridgehead atoms. The molecule has 0 radical (unpaired) electrons. The first-order valence-corrected chi connectivity index (χ1v) is 13.0. The van der Waals surface area contributed by atoms with E-state index in [1.165, 1.54) is 16.1 Å². The van der Waals surface area contributed by atoms with Crippen LogP contribution in [0.2, 0.25) is 0 Å². The van der Waals surface area contributed by atoms with Gasteiger partial charge in [0, 0.05) is 17.0 Å². The minimum atomic E-state index is -0.646. The quantitative estimate of drug-likeness (QED) is 0.522. The molecular weight excluding hydrogens is 452 g/mol. The van der Waals surface area contributed by atoms with Crippen molar-refractivity contribution >= 4 is 23.2 Å². The number of aromatic nitrogens is 4. The topological polar surface area (TPSA) is 106 Å². The van der Waals surface area contributed by atoms with Crippen LogP contribution in [-0.2, 0) is 16.1 Å². The first-order valence-electron chi connectivity index (χ1n) is 12.1. The van der Waals surface area contributed by atoms with E-state index in [0.29, 0.717) is 11.6 Å². The summed E-state index contributed by atoms with van der Waals surface area (Å²) >= 11 is 1.51. The first-order chi connectivity index (χ1) is 16.6. The van der Waals surface area contributed by atoms with Crippen LogP contribution >= 0.6 is 11.3 Å². The Bertz CT molecular complexity index is 1110. The number of thiophene rings is 1. The number of hydrogen-bond acceptors (Lipinski definition) is 7. The van der Waals surface area contributed by atoms with Crippen molar-refractivity contribution in [2.24, 2.45) is 0 Å². The van der Waals surface area contributed by atoms with Crippen LogP contribution in [0.4, 0.5) is 0 Å². The van der Waals surface area contributed by atoms with Crippen LogP contribution in [0.3, 0.4) is 0 Å². The standard InChI is InChI=1S/C24H30N6O3S/c1-16-12-13-19(33-16)23-26-28-29(27-23)15-21(31)30(18-9-4-5-10-18)22(20-11-6-14-34-20)24(32)25-17-7-2-3-8-17/h6,11-14,17-18,22H,2-5,7-10,15H2,1H3,(H,25,32)/t22-/m1/s1. The number of tetrazole rings is 1. The van der Waals surface area contributed by atoms with Gasteiger partial charge in [-0.3, -0.25) is 9.59 Å². The lowest BCUT2D eigenvalue weighted by molar-refractivity contribution is -0.144. The number of carbonyl (C=O) groups excluding carboxylic acids is 2. The molecule has 9 nitrogen and oxygen atoms in total. The molecule has 1 N–H and O–H groups in total. The Morgan fingerprint density at radius 1 is 1.18 bits per heavy atom. The third-order valence-corrected chi connectivity index (χ3v) is 7.66. The minimum Gasteiger partial charge on any atom is -0.458 e. The van der Waals surface area contributed by atoms with Crippen molar-refractivity contribution in [3.63, 3.8) is 0 Å². The second kappa shape index (κ2) is 10.1. The highest BCUT2D eigenvalue weighted by molar-refractivity contribution is 7.10. The molecule has 0 saturated heterocycles. The van der Waals surface area contributed by atoms with Crippen molar-refractivity contribution in [3.8, 4) is 11.6 Å². The van der Waals surface area contributed by atoms with Crippen LogP contribution in [0.25, 0.3) is 11.6 Å². The fourth-order valence-corrected chi connectivity index (χ4v) is 5.92. The summed E-state index contributed by atoms with van der Waals surface area (Å²) in [5.41, 5.74) is 0. The second-order valence-corrected chi connectivity index (χ2v) is 10.2. The van der Waals surface area contributed by atoms with Gasteiger partial charge in [-0.1, -0.05) is 31.7 Å². The molecule has 180 valence electrons. The number of carbonyl (C=O) groups is 2. The molecule has 5 rings (SSSR count). The van der Waals surface area contributed by atoms with Crippen LogP contribution < -0.4 is 5.32 Å². The SMILES string of the molecule is Cc1ccc(-c2nnn(CC(=O)N(C3CCCC3)[C@@H](C(=O)NC3CCCC3)c3cccs3)n2)o1. The Hall–Kier alpha value is -3.01. The van der Waals surface area contributed by atoms with Gasteiger partial charge in [0.15, 0.2) is 5.76 Å². The van der Waals surface area contributed by atoms with Gasteiger partial charge in [0.25, 0.3) is 0 Å². The van der Waals surface area contributed by atoms with Crippen molar-refractivity contribution in [1.29, 1.82) is 0 Å². The highest BCUT2D eigenvalue weighted by atomic mass is 32.1. The zero-order chi connectivity index (χ0) is 23.5. The molecule has 3 heterocycles. The molecule has 3 aromatic heterocycles. The average Bonchev–Trinajstić information content (AvgIpc) is 3.63. The van der Waals surface area contributed by atoms with Gasteiger partial charge < -0.3 is 14.6 Å². The molecule has 3 aromatic rings. The molecule has 0 spiro atoms. The van der Waals surface area contributed by atoms with Crippen molar-refractivity contribution in [1.82, 2.24) is 30.4 Å². The van der Waals surface area contributed by atoms with E-state index >= 15 is 0 Å². The maximum Gasteiger partial charge on any atom is 0.248 e. The summed E-state index contributed by atoms with van der Waals surface area (Å²) in [7, 11) is 0. The van der Waals surface area contributed by atoms with Crippen LogP contribution in [0.15, 0.2) is 34.1 Å². The predicted molar refractivity (Wildman–Crippen MR) is 127 cm³/mol. The predicted octanol–water partition coefficient (Wildman–Crippen LogP) is 3.87. The number of hydrogen-bond donors (Lipinski definition) is 1. The van der Waals surface area contributed by atoms with E-state index in [1.807, 2.05) is 30.5 Å². The Morgan fingerprint density at radius 2 is 1.94 bits per heavy atom. The van der Waals surface area contributed by atoms with Crippen LogP contribution in [-0.4, -0.2) is 49.0 Å². The highest BCUT2D eigenvalue weighted by Gasteiger charge is 2.39. The lowest BCUT2D eigenvalue weighted by Crippen LogP contribution is -2.50. The van der Waals surface area contributed by atoms with E-state index in [9.17, 15) is 9.59 Å². The molecule has 2 amide bonds. The molecule has 0 unspecified atom stereocenters.